The molecule has 2 rings (SSSR count). The fraction of sp³-hybridized carbons (Fsp3) is 0.545. The Labute approximate surface area is 89.3 Å². The summed E-state index contributed by atoms with van der Waals surface area (Å²) in [6.07, 6.45) is 0.865. The predicted molar refractivity (Wildman–Crippen MR) is 61.2 cm³/mol. The Balaban J connectivity index is 2.71. The van der Waals surface area contributed by atoms with Crippen LogP contribution in [0.2, 0.25) is 0 Å². The summed E-state index contributed by atoms with van der Waals surface area (Å²) in [5.74, 6) is 1.02. The number of nitrogens with zero attached hydrogens (tertiary/aromatic N) is 2. The van der Waals surface area contributed by atoms with E-state index in [1.165, 1.54) is 0 Å². The summed E-state index contributed by atoms with van der Waals surface area (Å²) in [6, 6.07) is 1.73. The molecule has 1 aromatic rings. The molecule has 0 atom stereocenters. The molecule has 82 valence electrons. The standard InChI is InChI=1S/C11H17N3O/c1-3-8-6-10(15)14-5-4-13(2)11(14)9(8)7-12/h6H,3-5,7,12H2,1-2H3. The predicted octanol–water partition coefficient (Wildman–Crippen LogP) is 0.319. The third-order valence-corrected chi connectivity index (χ3v) is 3.08. The highest BCUT2D eigenvalue weighted by molar-refractivity contribution is 5.53. The molecular weight excluding hydrogens is 190 g/mol. The number of likely N-dealkylation sites (N-methyl/N-ethyl adjacent to an activating group) is 1. The lowest BCUT2D eigenvalue weighted by Crippen LogP contribution is -2.22. The van der Waals surface area contributed by atoms with Gasteiger partial charge in [0.05, 0.1) is 0 Å². The average molecular weight is 207 g/mol. The molecule has 1 aliphatic heterocycles. The second-order valence-electron chi connectivity index (χ2n) is 3.94. The van der Waals surface area contributed by atoms with Crippen LogP contribution in [0.5, 0.6) is 0 Å². The van der Waals surface area contributed by atoms with Crippen LogP contribution < -0.4 is 16.2 Å². The molecule has 0 saturated heterocycles. The van der Waals surface area contributed by atoms with Gasteiger partial charge in [0.2, 0.25) is 0 Å². The lowest BCUT2D eigenvalue weighted by atomic mass is 10.1. The van der Waals surface area contributed by atoms with Gasteiger partial charge < -0.3 is 10.6 Å². The molecule has 1 aliphatic rings. The lowest BCUT2D eigenvalue weighted by Gasteiger charge is -2.17. The minimum absolute atomic E-state index is 0.100. The maximum Gasteiger partial charge on any atom is 0.252 e. The number of pyridine rings is 1. The van der Waals surface area contributed by atoms with Crippen molar-refractivity contribution in [2.45, 2.75) is 26.4 Å². The third kappa shape index (κ3) is 1.45. The van der Waals surface area contributed by atoms with Crippen LogP contribution in [0.4, 0.5) is 5.82 Å². The van der Waals surface area contributed by atoms with Crippen molar-refractivity contribution < 1.29 is 0 Å². The summed E-state index contributed by atoms with van der Waals surface area (Å²) < 4.78 is 1.82. The van der Waals surface area contributed by atoms with Crippen molar-refractivity contribution in [3.05, 3.63) is 27.5 Å². The minimum atomic E-state index is 0.100. The Hall–Kier alpha value is -1.29. The monoisotopic (exact) mass is 207 g/mol. The van der Waals surface area contributed by atoms with E-state index in [0.717, 1.165) is 36.5 Å². The summed E-state index contributed by atoms with van der Waals surface area (Å²) in [4.78, 5) is 13.9. The first-order chi connectivity index (χ1) is 7.19. The van der Waals surface area contributed by atoms with Gasteiger partial charge in [0.1, 0.15) is 5.82 Å². The quantitative estimate of drug-likeness (QED) is 0.760. The largest absolute Gasteiger partial charge is 0.359 e. The Kier molecular flexibility index (Phi) is 2.52. The van der Waals surface area contributed by atoms with Gasteiger partial charge in [0, 0.05) is 38.3 Å². The number of rotatable bonds is 2. The van der Waals surface area contributed by atoms with E-state index in [4.69, 9.17) is 5.73 Å². The molecule has 0 fully saturated rings. The van der Waals surface area contributed by atoms with Crippen LogP contribution in [-0.4, -0.2) is 18.2 Å². The molecule has 2 N–H and O–H groups in total. The molecule has 4 heteroatoms. The van der Waals surface area contributed by atoms with Gasteiger partial charge in [-0.1, -0.05) is 6.92 Å². The molecule has 0 amide bonds. The lowest BCUT2D eigenvalue weighted by molar-refractivity contribution is 0.756. The van der Waals surface area contributed by atoms with Crippen molar-refractivity contribution in [2.75, 3.05) is 18.5 Å². The molecule has 0 unspecified atom stereocenters. The Morgan fingerprint density at radius 3 is 2.80 bits per heavy atom. The van der Waals surface area contributed by atoms with E-state index >= 15 is 0 Å². The first kappa shape index (κ1) is 10.2. The van der Waals surface area contributed by atoms with E-state index in [-0.39, 0.29) is 5.56 Å². The number of hydrogen-bond donors (Lipinski definition) is 1. The van der Waals surface area contributed by atoms with Crippen LogP contribution in [-0.2, 0) is 19.5 Å². The summed E-state index contributed by atoms with van der Waals surface area (Å²) in [6.45, 7) is 4.24. The Bertz CT molecular complexity index is 436. The maximum atomic E-state index is 11.8. The fourth-order valence-electron chi connectivity index (χ4n) is 2.27. The third-order valence-electron chi connectivity index (χ3n) is 3.08. The van der Waals surface area contributed by atoms with Crippen LogP contribution in [0.15, 0.2) is 10.9 Å². The van der Waals surface area contributed by atoms with Gasteiger partial charge in [-0.25, -0.2) is 0 Å². The van der Waals surface area contributed by atoms with Crippen molar-refractivity contribution in [3.8, 4) is 0 Å². The Morgan fingerprint density at radius 2 is 2.20 bits per heavy atom. The molecule has 0 aliphatic carbocycles. The molecule has 0 bridgehead atoms. The molecule has 2 heterocycles. The SMILES string of the molecule is CCc1cc(=O)n2c(c1CN)N(C)CC2. The molecular formula is C11H17N3O. The van der Waals surface area contributed by atoms with Crippen molar-refractivity contribution >= 4 is 5.82 Å². The zero-order valence-electron chi connectivity index (χ0n) is 9.29. The van der Waals surface area contributed by atoms with Gasteiger partial charge >= 0.3 is 0 Å². The highest BCUT2D eigenvalue weighted by Gasteiger charge is 2.21. The van der Waals surface area contributed by atoms with Gasteiger partial charge in [0.25, 0.3) is 5.56 Å². The highest BCUT2D eigenvalue weighted by atomic mass is 16.1. The molecule has 4 nitrogen and oxygen atoms in total. The topological polar surface area (TPSA) is 51.3 Å². The summed E-state index contributed by atoms with van der Waals surface area (Å²) in [7, 11) is 2.01. The van der Waals surface area contributed by atoms with Crippen LogP contribution in [0.25, 0.3) is 0 Å². The van der Waals surface area contributed by atoms with E-state index in [1.54, 1.807) is 6.07 Å². The van der Waals surface area contributed by atoms with E-state index in [2.05, 4.69) is 11.8 Å². The zero-order valence-corrected chi connectivity index (χ0v) is 9.29. The molecule has 0 spiro atoms. The normalized spacial score (nSPS) is 14.5. The second-order valence-corrected chi connectivity index (χ2v) is 3.94. The summed E-state index contributed by atoms with van der Waals surface area (Å²) >= 11 is 0. The van der Waals surface area contributed by atoms with E-state index < -0.39 is 0 Å². The minimum Gasteiger partial charge on any atom is -0.359 e. The zero-order chi connectivity index (χ0) is 11.0. The van der Waals surface area contributed by atoms with E-state index in [1.807, 2.05) is 11.6 Å². The average Bonchev–Trinajstić information content (AvgIpc) is 2.61. The van der Waals surface area contributed by atoms with Gasteiger partial charge in [-0.2, -0.15) is 0 Å². The number of anilines is 1. The van der Waals surface area contributed by atoms with Crippen molar-refractivity contribution in [1.82, 2.24) is 4.57 Å². The summed E-state index contributed by atoms with van der Waals surface area (Å²) in [5, 5.41) is 0. The van der Waals surface area contributed by atoms with Gasteiger partial charge in [0.15, 0.2) is 0 Å². The molecule has 1 aromatic heterocycles. The highest BCUT2D eigenvalue weighted by Crippen LogP contribution is 2.25. The van der Waals surface area contributed by atoms with Crippen molar-refractivity contribution in [3.63, 3.8) is 0 Å². The van der Waals surface area contributed by atoms with Crippen LogP contribution in [0, 0.1) is 0 Å². The van der Waals surface area contributed by atoms with Crippen LogP contribution in [0.3, 0.4) is 0 Å². The molecule has 0 radical (unpaired) electrons. The maximum absolute atomic E-state index is 11.8. The molecule has 0 saturated carbocycles. The number of aromatic nitrogens is 1. The van der Waals surface area contributed by atoms with Crippen molar-refractivity contribution in [1.29, 1.82) is 0 Å². The van der Waals surface area contributed by atoms with Gasteiger partial charge in [-0.05, 0) is 12.0 Å². The summed E-state index contributed by atoms with van der Waals surface area (Å²) in [5.41, 5.74) is 8.08. The molecule has 15 heavy (non-hydrogen) atoms. The fourth-order valence-corrected chi connectivity index (χ4v) is 2.27. The second kappa shape index (κ2) is 3.70. The Morgan fingerprint density at radius 1 is 1.47 bits per heavy atom. The number of fused-ring (bicyclic) bond motifs is 1. The smallest absolute Gasteiger partial charge is 0.252 e. The van der Waals surface area contributed by atoms with Gasteiger partial charge in [-0.3, -0.25) is 9.36 Å². The number of hydrogen-bond acceptors (Lipinski definition) is 3. The van der Waals surface area contributed by atoms with Gasteiger partial charge in [-0.15, -0.1) is 0 Å². The van der Waals surface area contributed by atoms with E-state index in [9.17, 15) is 4.79 Å². The van der Waals surface area contributed by atoms with E-state index in [0.29, 0.717) is 6.54 Å². The van der Waals surface area contributed by atoms with Crippen LogP contribution >= 0.6 is 0 Å². The van der Waals surface area contributed by atoms with Crippen LogP contribution in [0.1, 0.15) is 18.1 Å². The number of aryl methyl sites for hydroxylation is 1. The first-order valence-corrected chi connectivity index (χ1v) is 5.35. The molecule has 0 aromatic carbocycles. The number of nitrogens with two attached hydrogens (primary N) is 1. The van der Waals surface area contributed by atoms with Crippen molar-refractivity contribution in [2.24, 2.45) is 5.73 Å². The first-order valence-electron chi connectivity index (χ1n) is 5.35.